The van der Waals surface area contributed by atoms with Crippen LogP contribution in [0.2, 0.25) is 0 Å². The third kappa shape index (κ3) is 3.38. The third-order valence-electron chi connectivity index (χ3n) is 6.16. The fraction of sp³-hybridized carbons (Fsp3) is 0.292. The Balaban J connectivity index is 1.26. The van der Waals surface area contributed by atoms with E-state index in [0.29, 0.717) is 25.1 Å². The molecule has 3 aromatic rings. The number of aromatic nitrogens is 2. The summed E-state index contributed by atoms with van der Waals surface area (Å²) in [4.78, 5) is 33.6. The first-order valence-corrected chi connectivity index (χ1v) is 10.5. The molecular formula is C24H24N4O2. The first kappa shape index (κ1) is 18.6. The van der Waals surface area contributed by atoms with Crippen molar-refractivity contribution in [3.63, 3.8) is 0 Å². The van der Waals surface area contributed by atoms with Crippen LogP contribution in [0.1, 0.15) is 35.2 Å². The zero-order chi connectivity index (χ0) is 20.5. The molecule has 5 rings (SSSR count). The largest absolute Gasteiger partial charge is 0.338 e. The Hall–Kier alpha value is -3.41. The molecule has 2 aliphatic rings. The minimum atomic E-state index is 0.0519. The first-order valence-electron chi connectivity index (χ1n) is 10.5. The molecule has 2 aromatic carbocycles. The maximum absolute atomic E-state index is 13.0. The van der Waals surface area contributed by atoms with Crippen molar-refractivity contribution in [3.05, 3.63) is 78.4 Å². The van der Waals surface area contributed by atoms with Gasteiger partial charge in [-0.25, -0.2) is 4.98 Å². The summed E-state index contributed by atoms with van der Waals surface area (Å²) in [6.45, 7) is 1.33. The number of para-hydroxylation sites is 1. The van der Waals surface area contributed by atoms with Crippen LogP contribution in [0, 0.1) is 0 Å². The monoisotopic (exact) mass is 400 g/mol. The summed E-state index contributed by atoms with van der Waals surface area (Å²) < 4.78 is 1.91. The number of imidazole rings is 1. The van der Waals surface area contributed by atoms with E-state index in [9.17, 15) is 9.59 Å². The van der Waals surface area contributed by atoms with E-state index >= 15 is 0 Å². The Labute approximate surface area is 175 Å². The van der Waals surface area contributed by atoms with Crippen molar-refractivity contribution in [2.45, 2.75) is 31.7 Å². The van der Waals surface area contributed by atoms with Crippen LogP contribution in [0.15, 0.2) is 67.3 Å². The molecule has 1 fully saturated rings. The second kappa shape index (κ2) is 7.78. The van der Waals surface area contributed by atoms with Crippen LogP contribution in [0.25, 0.3) is 5.69 Å². The number of rotatable bonds is 3. The molecule has 0 N–H and O–H groups in total. The lowest BCUT2D eigenvalue weighted by Gasteiger charge is -2.41. The van der Waals surface area contributed by atoms with Gasteiger partial charge in [0.25, 0.3) is 5.91 Å². The van der Waals surface area contributed by atoms with E-state index in [-0.39, 0.29) is 17.9 Å². The summed E-state index contributed by atoms with van der Waals surface area (Å²) in [6.07, 6.45) is 8.34. The van der Waals surface area contributed by atoms with Gasteiger partial charge in [0.2, 0.25) is 5.91 Å². The van der Waals surface area contributed by atoms with Crippen LogP contribution >= 0.6 is 0 Å². The lowest BCUT2D eigenvalue weighted by molar-refractivity contribution is -0.119. The van der Waals surface area contributed by atoms with E-state index in [0.717, 1.165) is 30.6 Å². The number of aryl methyl sites for hydroxylation is 1. The SMILES string of the molecule is O=C(c1ccc(-n2ccnc2)cc1)N1CCC(N2C(=O)CCc3ccccc32)CC1. The van der Waals surface area contributed by atoms with Gasteiger partial charge >= 0.3 is 0 Å². The Kier molecular flexibility index (Phi) is 4.83. The molecule has 0 atom stereocenters. The number of amides is 2. The number of likely N-dealkylation sites (tertiary alicyclic amines) is 1. The van der Waals surface area contributed by atoms with E-state index in [1.807, 2.05) is 63.0 Å². The number of hydrogen-bond donors (Lipinski definition) is 0. The van der Waals surface area contributed by atoms with Gasteiger partial charge in [-0.3, -0.25) is 9.59 Å². The number of nitrogens with zero attached hydrogens (tertiary/aromatic N) is 4. The van der Waals surface area contributed by atoms with Crippen molar-refractivity contribution >= 4 is 17.5 Å². The van der Waals surface area contributed by atoms with Gasteiger partial charge in [0.05, 0.1) is 6.33 Å². The van der Waals surface area contributed by atoms with E-state index in [1.165, 1.54) is 5.56 Å². The summed E-state index contributed by atoms with van der Waals surface area (Å²) >= 11 is 0. The topological polar surface area (TPSA) is 58.4 Å². The van der Waals surface area contributed by atoms with Crippen molar-refractivity contribution in [3.8, 4) is 5.69 Å². The van der Waals surface area contributed by atoms with Crippen molar-refractivity contribution in [2.24, 2.45) is 0 Å². The Morgan fingerprint density at radius 2 is 1.73 bits per heavy atom. The first-order chi connectivity index (χ1) is 14.7. The van der Waals surface area contributed by atoms with E-state index < -0.39 is 0 Å². The fourth-order valence-corrected chi connectivity index (χ4v) is 4.55. The lowest BCUT2D eigenvalue weighted by Crippen LogP contribution is -2.50. The molecule has 0 unspecified atom stereocenters. The second-order valence-electron chi connectivity index (χ2n) is 7.93. The smallest absolute Gasteiger partial charge is 0.253 e. The molecule has 1 saturated heterocycles. The predicted octanol–water partition coefficient (Wildman–Crippen LogP) is 3.46. The molecule has 152 valence electrons. The molecule has 0 bridgehead atoms. The molecule has 0 saturated carbocycles. The molecular weight excluding hydrogens is 376 g/mol. The third-order valence-corrected chi connectivity index (χ3v) is 6.16. The number of carbonyl (C=O) groups excluding carboxylic acids is 2. The summed E-state index contributed by atoms with van der Waals surface area (Å²) in [7, 11) is 0. The molecule has 0 spiro atoms. The average molecular weight is 400 g/mol. The molecule has 30 heavy (non-hydrogen) atoms. The molecule has 1 aromatic heterocycles. The minimum Gasteiger partial charge on any atom is -0.338 e. The summed E-state index contributed by atoms with van der Waals surface area (Å²) in [5, 5.41) is 0. The zero-order valence-electron chi connectivity index (χ0n) is 16.8. The number of piperidine rings is 1. The molecule has 2 aliphatic heterocycles. The van der Waals surface area contributed by atoms with E-state index in [1.54, 1.807) is 12.5 Å². The van der Waals surface area contributed by atoms with E-state index in [4.69, 9.17) is 0 Å². The summed E-state index contributed by atoms with van der Waals surface area (Å²) in [6, 6.07) is 16.0. The Bertz CT molecular complexity index is 1050. The number of anilines is 1. The number of benzene rings is 2. The highest BCUT2D eigenvalue weighted by Crippen LogP contribution is 2.32. The van der Waals surface area contributed by atoms with Crippen LogP contribution in [-0.4, -0.2) is 45.4 Å². The quantitative estimate of drug-likeness (QED) is 0.677. The van der Waals surface area contributed by atoms with Gasteiger partial charge < -0.3 is 14.4 Å². The van der Waals surface area contributed by atoms with Crippen molar-refractivity contribution in [1.82, 2.24) is 14.5 Å². The average Bonchev–Trinajstić information content (AvgIpc) is 3.34. The highest BCUT2D eigenvalue weighted by molar-refractivity contribution is 5.97. The normalized spacial score (nSPS) is 17.1. The van der Waals surface area contributed by atoms with Crippen molar-refractivity contribution < 1.29 is 9.59 Å². The number of fused-ring (bicyclic) bond motifs is 1. The zero-order valence-corrected chi connectivity index (χ0v) is 16.8. The Morgan fingerprint density at radius 1 is 0.967 bits per heavy atom. The maximum Gasteiger partial charge on any atom is 0.253 e. The fourth-order valence-electron chi connectivity index (χ4n) is 4.55. The number of hydrogen-bond acceptors (Lipinski definition) is 3. The van der Waals surface area contributed by atoms with Crippen LogP contribution in [0.3, 0.4) is 0 Å². The molecule has 3 heterocycles. The molecule has 2 amide bonds. The molecule has 6 nitrogen and oxygen atoms in total. The number of carbonyl (C=O) groups is 2. The minimum absolute atomic E-state index is 0.0519. The molecule has 0 radical (unpaired) electrons. The van der Waals surface area contributed by atoms with Gasteiger partial charge in [-0.1, -0.05) is 18.2 Å². The second-order valence-corrected chi connectivity index (χ2v) is 7.93. The predicted molar refractivity (Wildman–Crippen MR) is 115 cm³/mol. The van der Waals surface area contributed by atoms with E-state index in [2.05, 4.69) is 11.1 Å². The van der Waals surface area contributed by atoms with Crippen LogP contribution < -0.4 is 4.90 Å². The highest BCUT2D eigenvalue weighted by atomic mass is 16.2. The van der Waals surface area contributed by atoms with Crippen LogP contribution in [-0.2, 0) is 11.2 Å². The van der Waals surface area contributed by atoms with Crippen LogP contribution in [0.5, 0.6) is 0 Å². The summed E-state index contributed by atoms with van der Waals surface area (Å²) in [5.41, 5.74) is 3.96. The van der Waals surface area contributed by atoms with Gasteiger partial charge in [-0.15, -0.1) is 0 Å². The summed E-state index contributed by atoms with van der Waals surface area (Å²) in [5.74, 6) is 0.254. The van der Waals surface area contributed by atoms with Crippen molar-refractivity contribution in [1.29, 1.82) is 0 Å². The maximum atomic E-state index is 13.0. The standard InChI is InChI=1S/C24H24N4O2/c29-23-10-7-18-3-1-2-4-22(18)28(23)21-11-14-26(15-12-21)24(30)19-5-8-20(9-6-19)27-16-13-25-17-27/h1-6,8-9,13,16-17,21H,7,10-12,14-15H2. The van der Waals surface area contributed by atoms with Crippen LogP contribution in [0.4, 0.5) is 5.69 Å². The molecule has 0 aliphatic carbocycles. The van der Waals surface area contributed by atoms with Gasteiger partial charge in [0, 0.05) is 54.9 Å². The van der Waals surface area contributed by atoms with Gasteiger partial charge in [0.1, 0.15) is 0 Å². The van der Waals surface area contributed by atoms with Crippen molar-refractivity contribution in [2.75, 3.05) is 18.0 Å². The van der Waals surface area contributed by atoms with Gasteiger partial charge in [0.15, 0.2) is 0 Å². The van der Waals surface area contributed by atoms with Gasteiger partial charge in [-0.05, 0) is 55.2 Å². The highest BCUT2D eigenvalue weighted by Gasteiger charge is 2.33. The molecule has 6 heteroatoms. The van der Waals surface area contributed by atoms with Gasteiger partial charge in [-0.2, -0.15) is 0 Å². The Morgan fingerprint density at radius 3 is 2.47 bits per heavy atom. The lowest BCUT2D eigenvalue weighted by atomic mass is 9.95.